The van der Waals surface area contributed by atoms with Crippen molar-refractivity contribution in [2.75, 3.05) is 49.9 Å². The van der Waals surface area contributed by atoms with E-state index < -0.39 is 21.5 Å². The summed E-state index contributed by atoms with van der Waals surface area (Å²) in [7, 11) is -3.55. The lowest BCUT2D eigenvalue weighted by atomic mass is 10.2. The summed E-state index contributed by atoms with van der Waals surface area (Å²) >= 11 is 0. The first-order chi connectivity index (χ1) is 15.4. The molecule has 170 valence electrons. The van der Waals surface area contributed by atoms with E-state index in [2.05, 4.69) is 39.4 Å². The Morgan fingerprint density at radius 1 is 0.969 bits per heavy atom. The first kappa shape index (κ1) is 23.8. The van der Waals surface area contributed by atoms with E-state index in [1.165, 1.54) is 5.69 Å². The number of hydrogen-bond acceptors (Lipinski definition) is 6. The monoisotopic (exact) mass is 454 g/mol. The second-order valence-electron chi connectivity index (χ2n) is 8.06. The average Bonchev–Trinajstić information content (AvgIpc) is 2.80. The van der Waals surface area contributed by atoms with Gasteiger partial charge in [-0.2, -0.15) is 5.26 Å². The van der Waals surface area contributed by atoms with Gasteiger partial charge in [0.05, 0.1) is 17.4 Å². The number of benzene rings is 2. The first-order valence-electron chi connectivity index (χ1n) is 10.9. The van der Waals surface area contributed by atoms with E-state index in [4.69, 9.17) is 5.26 Å². The summed E-state index contributed by atoms with van der Waals surface area (Å²) in [5.41, 5.74) is 2.31. The van der Waals surface area contributed by atoms with E-state index in [-0.39, 0.29) is 5.75 Å². The van der Waals surface area contributed by atoms with Crippen LogP contribution in [-0.2, 0) is 20.4 Å². The number of unbranched alkanes of at least 4 members (excludes halogenated alkanes) is 1. The van der Waals surface area contributed by atoms with Gasteiger partial charge in [-0.15, -0.1) is 0 Å². The third-order valence-electron chi connectivity index (χ3n) is 5.54. The van der Waals surface area contributed by atoms with Crippen LogP contribution in [0.25, 0.3) is 0 Å². The Morgan fingerprint density at radius 2 is 1.66 bits per heavy atom. The Morgan fingerprint density at radius 3 is 2.31 bits per heavy atom. The van der Waals surface area contributed by atoms with Gasteiger partial charge in [0, 0.05) is 38.4 Å². The molecule has 0 bridgehead atoms. The number of amides is 1. The molecule has 0 aliphatic carbocycles. The molecule has 0 spiro atoms. The highest BCUT2D eigenvalue weighted by molar-refractivity contribution is 7.91. The molecule has 3 rings (SSSR count). The normalized spacial score (nSPS) is 14.7. The standard InChI is InChI=1S/C24H30N4O3S/c25-18-21-8-10-22(11-9-21)19-32(30,31)20-24(29)26-12-4-5-13-27-14-16-28(17-15-27)23-6-2-1-3-7-23/h1-3,6-11H,4-5,12-17,19-20H2,(H,26,29). The van der Waals surface area contributed by atoms with Crippen molar-refractivity contribution in [1.29, 1.82) is 5.26 Å². The van der Waals surface area contributed by atoms with Crippen LogP contribution in [0.4, 0.5) is 5.69 Å². The molecule has 2 aromatic rings. The number of carbonyl (C=O) groups excluding carboxylic acids is 1. The minimum absolute atomic E-state index is 0.207. The molecule has 2 aromatic carbocycles. The van der Waals surface area contributed by atoms with Crippen molar-refractivity contribution >= 4 is 21.4 Å². The number of rotatable bonds is 10. The molecule has 0 saturated carbocycles. The number of nitrogens with one attached hydrogen (secondary N) is 1. The molecule has 1 fully saturated rings. The Balaban J connectivity index is 1.28. The molecule has 1 N–H and O–H groups in total. The van der Waals surface area contributed by atoms with Crippen molar-refractivity contribution in [2.45, 2.75) is 18.6 Å². The summed E-state index contributed by atoms with van der Waals surface area (Å²) in [6.45, 7) is 5.53. The van der Waals surface area contributed by atoms with Gasteiger partial charge in [0.2, 0.25) is 5.91 Å². The fourth-order valence-corrected chi connectivity index (χ4v) is 5.09. The SMILES string of the molecule is N#Cc1ccc(CS(=O)(=O)CC(=O)NCCCCN2CCN(c3ccccc3)CC2)cc1. The van der Waals surface area contributed by atoms with Crippen molar-refractivity contribution < 1.29 is 13.2 Å². The smallest absolute Gasteiger partial charge is 0.235 e. The van der Waals surface area contributed by atoms with Gasteiger partial charge in [-0.3, -0.25) is 9.69 Å². The molecule has 0 aromatic heterocycles. The van der Waals surface area contributed by atoms with Gasteiger partial charge in [0.1, 0.15) is 5.75 Å². The molecule has 7 nitrogen and oxygen atoms in total. The second-order valence-corrected chi connectivity index (χ2v) is 10.1. The molecule has 1 amide bonds. The zero-order valence-corrected chi connectivity index (χ0v) is 19.1. The van der Waals surface area contributed by atoms with Crippen LogP contribution < -0.4 is 10.2 Å². The van der Waals surface area contributed by atoms with Gasteiger partial charge in [0.25, 0.3) is 0 Å². The van der Waals surface area contributed by atoms with E-state index in [1.54, 1.807) is 24.3 Å². The van der Waals surface area contributed by atoms with E-state index >= 15 is 0 Å². The number of hydrogen-bond donors (Lipinski definition) is 1. The predicted molar refractivity (Wildman–Crippen MR) is 126 cm³/mol. The van der Waals surface area contributed by atoms with Gasteiger partial charge in [-0.05, 0) is 49.2 Å². The summed E-state index contributed by atoms with van der Waals surface area (Å²) in [6.07, 6.45) is 1.78. The van der Waals surface area contributed by atoms with Gasteiger partial charge >= 0.3 is 0 Å². The summed E-state index contributed by atoms with van der Waals surface area (Å²) in [6, 6.07) is 18.8. The summed E-state index contributed by atoms with van der Waals surface area (Å²) < 4.78 is 24.5. The summed E-state index contributed by atoms with van der Waals surface area (Å²) in [5, 5.41) is 11.5. The van der Waals surface area contributed by atoms with Crippen molar-refractivity contribution in [3.63, 3.8) is 0 Å². The van der Waals surface area contributed by atoms with Crippen LogP contribution in [0, 0.1) is 11.3 Å². The second kappa shape index (κ2) is 11.7. The Bertz CT molecular complexity index is 1010. The van der Waals surface area contributed by atoms with Crippen LogP contribution in [-0.4, -0.2) is 64.2 Å². The number of nitriles is 1. The quantitative estimate of drug-likeness (QED) is 0.553. The molecule has 1 heterocycles. The average molecular weight is 455 g/mol. The molecule has 1 aliphatic rings. The highest BCUT2D eigenvalue weighted by atomic mass is 32.2. The molecule has 32 heavy (non-hydrogen) atoms. The van der Waals surface area contributed by atoms with Crippen LogP contribution in [0.5, 0.6) is 0 Å². The maximum atomic E-state index is 12.3. The Kier molecular flexibility index (Phi) is 8.65. The molecule has 1 saturated heterocycles. The number of sulfone groups is 1. The van der Waals surface area contributed by atoms with Crippen LogP contribution >= 0.6 is 0 Å². The Hall–Kier alpha value is -2.89. The lowest BCUT2D eigenvalue weighted by Crippen LogP contribution is -2.46. The minimum atomic E-state index is -3.55. The third-order valence-corrected chi connectivity index (χ3v) is 7.01. The van der Waals surface area contributed by atoms with Crippen molar-refractivity contribution in [2.24, 2.45) is 0 Å². The Labute approximate surface area is 190 Å². The topological polar surface area (TPSA) is 93.5 Å². The van der Waals surface area contributed by atoms with Crippen LogP contribution in [0.1, 0.15) is 24.0 Å². The zero-order valence-electron chi connectivity index (χ0n) is 18.2. The molecular formula is C24H30N4O3S. The number of anilines is 1. The first-order valence-corrected chi connectivity index (χ1v) is 12.8. The lowest BCUT2D eigenvalue weighted by Gasteiger charge is -2.36. The van der Waals surface area contributed by atoms with Crippen molar-refractivity contribution in [1.82, 2.24) is 10.2 Å². The fraction of sp³-hybridized carbons (Fsp3) is 0.417. The number of nitrogens with zero attached hydrogens (tertiary/aromatic N) is 3. The molecular weight excluding hydrogens is 424 g/mol. The highest BCUT2D eigenvalue weighted by Gasteiger charge is 2.18. The highest BCUT2D eigenvalue weighted by Crippen LogP contribution is 2.15. The summed E-state index contributed by atoms with van der Waals surface area (Å²) in [5.74, 6) is -1.19. The lowest BCUT2D eigenvalue weighted by molar-refractivity contribution is -0.118. The fourth-order valence-electron chi connectivity index (χ4n) is 3.79. The predicted octanol–water partition coefficient (Wildman–Crippen LogP) is 2.19. The minimum Gasteiger partial charge on any atom is -0.369 e. The maximum Gasteiger partial charge on any atom is 0.235 e. The largest absolute Gasteiger partial charge is 0.369 e. The third kappa shape index (κ3) is 7.66. The van der Waals surface area contributed by atoms with Gasteiger partial charge in [-0.25, -0.2) is 8.42 Å². The van der Waals surface area contributed by atoms with E-state index in [1.807, 2.05) is 12.1 Å². The molecule has 0 atom stereocenters. The number of para-hydroxylation sites is 1. The van der Waals surface area contributed by atoms with E-state index in [0.29, 0.717) is 17.7 Å². The molecule has 0 unspecified atom stereocenters. The summed E-state index contributed by atoms with van der Waals surface area (Å²) in [4.78, 5) is 16.9. The van der Waals surface area contributed by atoms with Crippen molar-refractivity contribution in [3.8, 4) is 6.07 Å². The van der Waals surface area contributed by atoms with Crippen LogP contribution in [0.3, 0.4) is 0 Å². The molecule has 1 aliphatic heterocycles. The van der Waals surface area contributed by atoms with Gasteiger partial charge in [-0.1, -0.05) is 30.3 Å². The maximum absolute atomic E-state index is 12.3. The van der Waals surface area contributed by atoms with Gasteiger partial charge < -0.3 is 10.2 Å². The molecule has 0 radical (unpaired) electrons. The number of carbonyl (C=O) groups is 1. The number of piperazine rings is 1. The van der Waals surface area contributed by atoms with Crippen LogP contribution in [0.15, 0.2) is 54.6 Å². The van der Waals surface area contributed by atoms with Gasteiger partial charge in [0.15, 0.2) is 9.84 Å². The zero-order chi connectivity index (χ0) is 22.8. The molecule has 8 heteroatoms. The van der Waals surface area contributed by atoms with Crippen LogP contribution in [0.2, 0.25) is 0 Å². The van der Waals surface area contributed by atoms with E-state index in [0.717, 1.165) is 45.6 Å². The van der Waals surface area contributed by atoms with E-state index in [9.17, 15) is 13.2 Å². The van der Waals surface area contributed by atoms with Crippen molar-refractivity contribution in [3.05, 3.63) is 65.7 Å².